The van der Waals surface area contributed by atoms with Crippen LogP contribution in [-0.2, 0) is 4.79 Å². The van der Waals surface area contributed by atoms with E-state index in [1.54, 1.807) is 0 Å². The number of carboxylic acids is 1. The van der Waals surface area contributed by atoms with Crippen molar-refractivity contribution in [3.05, 3.63) is 0 Å². The summed E-state index contributed by atoms with van der Waals surface area (Å²) in [6.45, 7) is 6.01. The van der Waals surface area contributed by atoms with Crippen LogP contribution in [0, 0.1) is 0 Å². The Morgan fingerprint density at radius 1 is 1.64 bits per heavy atom. The predicted octanol–water partition coefficient (Wildman–Crippen LogP) is 1.68. The van der Waals surface area contributed by atoms with Crippen LogP contribution in [0.3, 0.4) is 0 Å². The molecule has 0 aromatic heterocycles. The van der Waals surface area contributed by atoms with Crippen molar-refractivity contribution in [3.8, 4) is 0 Å². The Kier molecular flexibility index (Phi) is 4.75. The molecule has 2 atom stereocenters. The van der Waals surface area contributed by atoms with Gasteiger partial charge in [0, 0.05) is 23.6 Å². The number of thioether (sulfide) groups is 1. The average Bonchev–Trinajstić information content (AvgIpc) is 2.53. The van der Waals surface area contributed by atoms with Crippen molar-refractivity contribution in [3.63, 3.8) is 0 Å². The maximum atomic E-state index is 10.5. The summed E-state index contributed by atoms with van der Waals surface area (Å²) in [5.41, 5.74) is 0. The van der Waals surface area contributed by atoms with E-state index >= 15 is 0 Å². The molecule has 1 N–H and O–H groups in total. The molecule has 1 rings (SSSR count). The highest BCUT2D eigenvalue weighted by Crippen LogP contribution is 2.29. The second-order valence-electron chi connectivity index (χ2n) is 3.81. The Hall–Kier alpha value is -0.220. The standard InChI is InChI=1S/C10H19NO2S/c1-3-11(5-4-10(12)13)9-6-8(2)14-7-9/h8-9H,3-7H2,1-2H3,(H,12,13). The molecule has 0 spiro atoms. The van der Waals surface area contributed by atoms with Crippen molar-refractivity contribution in [2.24, 2.45) is 0 Å². The minimum Gasteiger partial charge on any atom is -0.481 e. The molecular weight excluding hydrogens is 198 g/mol. The molecule has 14 heavy (non-hydrogen) atoms. The van der Waals surface area contributed by atoms with Gasteiger partial charge in [-0.1, -0.05) is 13.8 Å². The van der Waals surface area contributed by atoms with Gasteiger partial charge in [-0.05, 0) is 13.0 Å². The van der Waals surface area contributed by atoms with Gasteiger partial charge in [0.05, 0.1) is 6.42 Å². The first-order valence-electron chi connectivity index (χ1n) is 5.21. The minimum absolute atomic E-state index is 0.267. The fourth-order valence-electron chi connectivity index (χ4n) is 1.89. The van der Waals surface area contributed by atoms with Crippen LogP contribution in [0.5, 0.6) is 0 Å². The molecule has 0 aromatic rings. The molecule has 0 radical (unpaired) electrons. The number of rotatable bonds is 5. The SMILES string of the molecule is CCN(CCC(=O)O)C1CSC(C)C1. The smallest absolute Gasteiger partial charge is 0.304 e. The molecule has 0 saturated carbocycles. The fourth-order valence-corrected chi connectivity index (χ4v) is 3.14. The molecule has 1 fully saturated rings. The van der Waals surface area contributed by atoms with Crippen molar-refractivity contribution < 1.29 is 9.90 Å². The quantitative estimate of drug-likeness (QED) is 0.760. The first-order chi connectivity index (χ1) is 6.63. The van der Waals surface area contributed by atoms with E-state index in [0.29, 0.717) is 12.6 Å². The minimum atomic E-state index is -0.692. The number of hydrogen-bond acceptors (Lipinski definition) is 3. The van der Waals surface area contributed by atoms with E-state index in [-0.39, 0.29) is 6.42 Å². The lowest BCUT2D eigenvalue weighted by Gasteiger charge is -2.26. The van der Waals surface area contributed by atoms with Crippen molar-refractivity contribution in [2.75, 3.05) is 18.8 Å². The van der Waals surface area contributed by atoms with Crippen LogP contribution in [0.25, 0.3) is 0 Å². The van der Waals surface area contributed by atoms with E-state index in [1.807, 2.05) is 11.8 Å². The molecule has 0 amide bonds. The zero-order valence-corrected chi connectivity index (χ0v) is 9.72. The summed E-state index contributed by atoms with van der Waals surface area (Å²) in [4.78, 5) is 12.8. The molecule has 1 heterocycles. The maximum absolute atomic E-state index is 10.5. The zero-order valence-electron chi connectivity index (χ0n) is 8.90. The van der Waals surface area contributed by atoms with Gasteiger partial charge in [0.1, 0.15) is 0 Å². The van der Waals surface area contributed by atoms with Crippen LogP contribution in [0.2, 0.25) is 0 Å². The van der Waals surface area contributed by atoms with E-state index in [0.717, 1.165) is 17.5 Å². The molecular formula is C10H19NO2S. The first-order valence-corrected chi connectivity index (χ1v) is 6.25. The van der Waals surface area contributed by atoms with Gasteiger partial charge in [0.25, 0.3) is 0 Å². The van der Waals surface area contributed by atoms with Crippen molar-refractivity contribution in [1.82, 2.24) is 4.90 Å². The van der Waals surface area contributed by atoms with E-state index < -0.39 is 5.97 Å². The lowest BCUT2D eigenvalue weighted by molar-refractivity contribution is -0.137. The Bertz CT molecular complexity index is 199. The monoisotopic (exact) mass is 217 g/mol. The molecule has 0 aliphatic carbocycles. The maximum Gasteiger partial charge on any atom is 0.304 e. The summed E-state index contributed by atoms with van der Waals surface area (Å²) >= 11 is 1.99. The van der Waals surface area contributed by atoms with Crippen molar-refractivity contribution in [2.45, 2.75) is 38.0 Å². The van der Waals surface area contributed by atoms with Crippen molar-refractivity contribution >= 4 is 17.7 Å². The van der Waals surface area contributed by atoms with Crippen LogP contribution < -0.4 is 0 Å². The van der Waals surface area contributed by atoms with Gasteiger partial charge >= 0.3 is 5.97 Å². The Labute approximate surface area is 89.9 Å². The number of nitrogens with zero attached hydrogens (tertiary/aromatic N) is 1. The lowest BCUT2D eigenvalue weighted by Crippen LogP contribution is -2.36. The number of carboxylic acid groups (broad SMARTS) is 1. The van der Waals surface area contributed by atoms with E-state index in [1.165, 1.54) is 6.42 Å². The molecule has 0 aromatic carbocycles. The number of hydrogen-bond donors (Lipinski definition) is 1. The predicted molar refractivity (Wildman–Crippen MR) is 59.8 cm³/mol. The third-order valence-electron chi connectivity index (χ3n) is 2.71. The lowest BCUT2D eigenvalue weighted by atomic mass is 10.1. The second kappa shape index (κ2) is 5.61. The third kappa shape index (κ3) is 3.50. The van der Waals surface area contributed by atoms with Crippen LogP contribution in [0.4, 0.5) is 0 Å². The third-order valence-corrected chi connectivity index (χ3v) is 4.05. The summed E-state index contributed by atoms with van der Waals surface area (Å²) in [6.07, 6.45) is 1.47. The molecule has 1 aliphatic rings. The summed E-state index contributed by atoms with van der Waals surface area (Å²) in [7, 11) is 0. The van der Waals surface area contributed by atoms with Crippen molar-refractivity contribution in [1.29, 1.82) is 0 Å². The molecule has 4 heteroatoms. The van der Waals surface area contributed by atoms with Crippen LogP contribution in [0.1, 0.15) is 26.7 Å². The van der Waals surface area contributed by atoms with E-state index in [4.69, 9.17) is 5.11 Å². The van der Waals surface area contributed by atoms with Gasteiger partial charge in [-0.25, -0.2) is 0 Å². The van der Waals surface area contributed by atoms with Gasteiger partial charge in [-0.3, -0.25) is 9.69 Å². The highest BCUT2D eigenvalue weighted by atomic mass is 32.2. The number of aliphatic carboxylic acids is 1. The second-order valence-corrected chi connectivity index (χ2v) is 5.28. The van der Waals surface area contributed by atoms with Gasteiger partial charge in [0.15, 0.2) is 0 Å². The normalized spacial score (nSPS) is 27.1. The summed E-state index contributed by atoms with van der Waals surface area (Å²) in [6, 6.07) is 0.597. The molecule has 3 nitrogen and oxygen atoms in total. The Morgan fingerprint density at radius 2 is 2.36 bits per heavy atom. The Morgan fingerprint density at radius 3 is 2.79 bits per heavy atom. The highest BCUT2D eigenvalue weighted by Gasteiger charge is 2.26. The Balaban J connectivity index is 2.34. The highest BCUT2D eigenvalue weighted by molar-refractivity contribution is 8.00. The van der Waals surface area contributed by atoms with Crippen LogP contribution >= 0.6 is 11.8 Å². The summed E-state index contributed by atoms with van der Waals surface area (Å²) in [5, 5.41) is 9.36. The van der Waals surface area contributed by atoms with Gasteiger partial charge in [-0.15, -0.1) is 0 Å². The largest absolute Gasteiger partial charge is 0.481 e. The molecule has 2 unspecified atom stereocenters. The van der Waals surface area contributed by atoms with Crippen LogP contribution in [-0.4, -0.2) is 46.1 Å². The molecule has 82 valence electrons. The fraction of sp³-hybridized carbons (Fsp3) is 0.900. The summed E-state index contributed by atoms with van der Waals surface area (Å²) in [5.74, 6) is 0.469. The average molecular weight is 217 g/mol. The molecule has 1 saturated heterocycles. The topological polar surface area (TPSA) is 40.5 Å². The van der Waals surface area contributed by atoms with Gasteiger partial charge < -0.3 is 5.11 Å². The van der Waals surface area contributed by atoms with E-state index in [2.05, 4.69) is 18.7 Å². The van der Waals surface area contributed by atoms with Gasteiger partial charge in [0.2, 0.25) is 0 Å². The van der Waals surface area contributed by atoms with Crippen LogP contribution in [0.15, 0.2) is 0 Å². The molecule has 0 bridgehead atoms. The molecule has 1 aliphatic heterocycles. The summed E-state index contributed by atoms with van der Waals surface area (Å²) < 4.78 is 0. The first kappa shape index (κ1) is 11.9. The van der Waals surface area contributed by atoms with Gasteiger partial charge in [-0.2, -0.15) is 11.8 Å². The zero-order chi connectivity index (χ0) is 10.6. The number of carbonyl (C=O) groups is 1. The van der Waals surface area contributed by atoms with E-state index in [9.17, 15) is 4.79 Å².